The van der Waals surface area contributed by atoms with Crippen LogP contribution in [0.4, 0.5) is 0 Å². The largest absolute Gasteiger partial charge is 0.494 e. The highest BCUT2D eigenvalue weighted by Crippen LogP contribution is 2.26. The number of carbonyl (C=O) groups is 1. The lowest BCUT2D eigenvalue weighted by molar-refractivity contribution is 0.0953. The van der Waals surface area contributed by atoms with E-state index in [1.54, 1.807) is 0 Å². The molecule has 0 saturated carbocycles. The molecule has 0 aliphatic rings. The average molecular weight is 411 g/mol. The molecule has 4 nitrogen and oxygen atoms in total. The van der Waals surface area contributed by atoms with E-state index in [0.717, 1.165) is 27.9 Å². The Morgan fingerprint density at radius 1 is 0.968 bits per heavy atom. The van der Waals surface area contributed by atoms with E-state index in [-0.39, 0.29) is 11.8 Å². The first-order valence-electron chi connectivity index (χ1n) is 10.6. The maximum Gasteiger partial charge on any atom is 0.252 e. The van der Waals surface area contributed by atoms with Gasteiger partial charge in [0.05, 0.1) is 23.4 Å². The van der Waals surface area contributed by atoms with E-state index in [1.165, 1.54) is 5.56 Å². The summed E-state index contributed by atoms with van der Waals surface area (Å²) in [6.45, 7) is 5.27. The van der Waals surface area contributed by atoms with Crippen molar-refractivity contribution in [1.82, 2.24) is 10.3 Å². The number of nitrogens with zero attached hydrogens (tertiary/aromatic N) is 1. The Morgan fingerprint density at radius 3 is 2.42 bits per heavy atom. The van der Waals surface area contributed by atoms with Crippen LogP contribution >= 0.6 is 0 Å². The minimum absolute atomic E-state index is 0.0893. The second-order valence-corrected chi connectivity index (χ2v) is 7.55. The Balaban J connectivity index is 1.62. The quantitative estimate of drug-likeness (QED) is 0.417. The van der Waals surface area contributed by atoms with Gasteiger partial charge in [-0.3, -0.25) is 4.79 Å². The van der Waals surface area contributed by atoms with Gasteiger partial charge in [0.15, 0.2) is 0 Å². The van der Waals surface area contributed by atoms with Crippen LogP contribution in [0.15, 0.2) is 84.9 Å². The van der Waals surface area contributed by atoms with Gasteiger partial charge in [-0.05, 0) is 54.8 Å². The summed E-state index contributed by atoms with van der Waals surface area (Å²) in [5.74, 6) is 0.956. The van der Waals surface area contributed by atoms with Crippen LogP contribution < -0.4 is 10.1 Å². The molecule has 0 aliphatic carbocycles. The molecule has 1 N–H and O–H groups in total. The minimum atomic E-state index is -0.0893. The molecule has 0 fully saturated rings. The van der Waals surface area contributed by atoms with E-state index < -0.39 is 0 Å². The van der Waals surface area contributed by atoms with Gasteiger partial charge in [0.1, 0.15) is 5.75 Å². The zero-order valence-corrected chi connectivity index (χ0v) is 17.8. The highest BCUT2D eigenvalue weighted by molar-refractivity contribution is 6.07. The van der Waals surface area contributed by atoms with Crippen LogP contribution in [-0.4, -0.2) is 24.0 Å². The first-order chi connectivity index (χ1) is 15.2. The van der Waals surface area contributed by atoms with Crippen LogP contribution in [-0.2, 0) is 0 Å². The minimum Gasteiger partial charge on any atom is -0.494 e. The van der Waals surface area contributed by atoms with E-state index in [4.69, 9.17) is 9.72 Å². The van der Waals surface area contributed by atoms with Gasteiger partial charge in [0.25, 0.3) is 5.91 Å². The highest BCUT2D eigenvalue weighted by Gasteiger charge is 2.15. The smallest absolute Gasteiger partial charge is 0.252 e. The van der Waals surface area contributed by atoms with Crippen LogP contribution in [0.5, 0.6) is 5.75 Å². The number of rotatable bonds is 7. The van der Waals surface area contributed by atoms with Crippen LogP contribution in [0.3, 0.4) is 0 Å². The zero-order valence-electron chi connectivity index (χ0n) is 17.8. The van der Waals surface area contributed by atoms with Gasteiger partial charge < -0.3 is 10.1 Å². The lowest BCUT2D eigenvalue weighted by atomic mass is 10.0. The van der Waals surface area contributed by atoms with Crippen molar-refractivity contribution >= 4 is 16.8 Å². The van der Waals surface area contributed by atoms with E-state index >= 15 is 0 Å². The third-order valence-electron chi connectivity index (χ3n) is 5.36. The van der Waals surface area contributed by atoms with E-state index in [9.17, 15) is 4.79 Å². The Labute approximate surface area is 182 Å². The molecule has 1 aromatic heterocycles. The van der Waals surface area contributed by atoms with E-state index in [0.29, 0.717) is 18.7 Å². The maximum absolute atomic E-state index is 13.2. The summed E-state index contributed by atoms with van der Waals surface area (Å²) in [5, 5.41) is 3.96. The summed E-state index contributed by atoms with van der Waals surface area (Å²) >= 11 is 0. The van der Waals surface area contributed by atoms with Gasteiger partial charge in [-0.25, -0.2) is 4.98 Å². The van der Waals surface area contributed by atoms with Gasteiger partial charge in [-0.2, -0.15) is 0 Å². The molecule has 31 heavy (non-hydrogen) atoms. The number of fused-ring (bicyclic) bond motifs is 1. The number of benzene rings is 3. The monoisotopic (exact) mass is 410 g/mol. The number of amides is 1. The number of hydrogen-bond donors (Lipinski definition) is 1. The Hall–Kier alpha value is -3.66. The number of para-hydroxylation sites is 1. The number of hydrogen-bond acceptors (Lipinski definition) is 3. The fraction of sp³-hybridized carbons (Fsp3) is 0.185. The number of nitrogens with one attached hydrogen (secondary N) is 1. The Morgan fingerprint density at radius 2 is 1.68 bits per heavy atom. The predicted octanol–water partition coefficient (Wildman–Crippen LogP) is 5.83. The molecule has 1 heterocycles. The van der Waals surface area contributed by atoms with Crippen LogP contribution in [0.2, 0.25) is 0 Å². The molecule has 4 heteroatoms. The average Bonchev–Trinajstić information content (AvgIpc) is 2.83. The van der Waals surface area contributed by atoms with Crippen LogP contribution in [0.25, 0.3) is 22.2 Å². The predicted molar refractivity (Wildman–Crippen MR) is 126 cm³/mol. The molecule has 156 valence electrons. The summed E-state index contributed by atoms with van der Waals surface area (Å²) in [7, 11) is 0. The zero-order chi connectivity index (χ0) is 21.6. The fourth-order valence-electron chi connectivity index (χ4n) is 3.64. The summed E-state index contributed by atoms with van der Waals surface area (Å²) in [6, 6.07) is 27.7. The van der Waals surface area contributed by atoms with Crippen molar-refractivity contribution in [1.29, 1.82) is 0 Å². The molecule has 0 spiro atoms. The SMILES string of the molecule is CCOc1ccc(-c2cc(C(=O)NC[C@@H](C)c3ccccc3)c3ccccc3n2)cc1. The first kappa shape index (κ1) is 20.6. The van der Waals surface area contributed by atoms with Gasteiger partial charge in [0, 0.05) is 17.5 Å². The third-order valence-corrected chi connectivity index (χ3v) is 5.36. The van der Waals surface area contributed by atoms with Gasteiger partial charge >= 0.3 is 0 Å². The summed E-state index contributed by atoms with van der Waals surface area (Å²) in [4.78, 5) is 17.9. The second kappa shape index (κ2) is 9.43. The lowest BCUT2D eigenvalue weighted by Crippen LogP contribution is -2.27. The second-order valence-electron chi connectivity index (χ2n) is 7.55. The molecule has 1 amide bonds. The molecule has 3 aromatic carbocycles. The Bertz CT molecular complexity index is 1170. The topological polar surface area (TPSA) is 51.2 Å². The van der Waals surface area contributed by atoms with Gasteiger partial charge in [-0.1, -0.05) is 55.5 Å². The number of ether oxygens (including phenoxy) is 1. The van der Waals surface area contributed by atoms with Gasteiger partial charge in [0.2, 0.25) is 0 Å². The molecule has 1 atom stereocenters. The molecule has 0 saturated heterocycles. The highest BCUT2D eigenvalue weighted by atomic mass is 16.5. The van der Waals surface area contributed by atoms with Crippen molar-refractivity contribution in [3.05, 3.63) is 96.1 Å². The fourth-order valence-corrected chi connectivity index (χ4v) is 3.64. The standard InChI is InChI=1S/C27H26N2O2/c1-3-31-22-15-13-21(14-16-22)26-17-24(23-11-7-8-12-25(23)29-26)27(30)28-18-19(2)20-9-5-4-6-10-20/h4-17,19H,3,18H2,1-2H3,(H,28,30)/t19-/m1/s1. The molecule has 0 aliphatic heterocycles. The van der Waals surface area contributed by atoms with Crippen LogP contribution in [0.1, 0.15) is 35.7 Å². The summed E-state index contributed by atoms with van der Waals surface area (Å²) in [6.07, 6.45) is 0. The molecule has 0 bridgehead atoms. The normalized spacial score (nSPS) is 11.8. The summed E-state index contributed by atoms with van der Waals surface area (Å²) < 4.78 is 5.54. The molecular weight excluding hydrogens is 384 g/mol. The van der Waals surface area contributed by atoms with Crippen molar-refractivity contribution in [3.8, 4) is 17.0 Å². The first-order valence-corrected chi connectivity index (χ1v) is 10.6. The third kappa shape index (κ3) is 4.75. The van der Waals surface area contributed by atoms with Crippen molar-refractivity contribution in [2.24, 2.45) is 0 Å². The van der Waals surface area contributed by atoms with Crippen molar-refractivity contribution in [2.75, 3.05) is 13.2 Å². The van der Waals surface area contributed by atoms with Crippen molar-refractivity contribution in [3.63, 3.8) is 0 Å². The molecule has 0 unspecified atom stereocenters. The summed E-state index contributed by atoms with van der Waals surface area (Å²) in [5.41, 5.74) is 4.35. The molecule has 0 radical (unpaired) electrons. The molecular formula is C27H26N2O2. The molecule has 4 rings (SSSR count). The maximum atomic E-state index is 13.2. The Kier molecular flexibility index (Phi) is 6.27. The number of aromatic nitrogens is 1. The van der Waals surface area contributed by atoms with E-state index in [1.807, 2.05) is 79.7 Å². The number of pyridine rings is 1. The van der Waals surface area contributed by atoms with Crippen LogP contribution in [0, 0.1) is 0 Å². The lowest BCUT2D eigenvalue weighted by Gasteiger charge is -2.15. The van der Waals surface area contributed by atoms with Crippen molar-refractivity contribution < 1.29 is 9.53 Å². The van der Waals surface area contributed by atoms with Gasteiger partial charge in [-0.15, -0.1) is 0 Å². The molecule has 4 aromatic rings. The van der Waals surface area contributed by atoms with E-state index in [2.05, 4.69) is 24.4 Å². The van der Waals surface area contributed by atoms with Crippen molar-refractivity contribution in [2.45, 2.75) is 19.8 Å². The number of carbonyl (C=O) groups excluding carboxylic acids is 1.